The predicted octanol–water partition coefficient (Wildman–Crippen LogP) is 2.44. The van der Waals surface area contributed by atoms with E-state index in [1.807, 2.05) is 6.92 Å². The highest BCUT2D eigenvalue weighted by molar-refractivity contribution is 5.83. The molecule has 0 heterocycles. The highest BCUT2D eigenvalue weighted by Gasteiger charge is 2.21. The first-order valence-electron chi connectivity index (χ1n) is 5.71. The zero-order chi connectivity index (χ0) is 13.0. The van der Waals surface area contributed by atoms with Crippen molar-refractivity contribution >= 4 is 6.29 Å². The Morgan fingerprint density at radius 2 is 2.06 bits per heavy atom. The fraction of sp³-hybridized carbons (Fsp3) is 0.462. The quantitative estimate of drug-likeness (QED) is 0.688. The molecule has 3 N–H and O–H groups in total. The van der Waals surface area contributed by atoms with Gasteiger partial charge < -0.3 is 15.3 Å². The lowest BCUT2D eigenvalue weighted by molar-refractivity contribution is 0.111. The van der Waals surface area contributed by atoms with Crippen molar-refractivity contribution in [3.63, 3.8) is 0 Å². The molecular weight excluding hydrogens is 220 g/mol. The minimum atomic E-state index is -0.950. The van der Waals surface area contributed by atoms with Crippen LogP contribution < -0.4 is 0 Å². The number of hydrogen-bond acceptors (Lipinski definition) is 4. The number of aliphatic hydroxyl groups excluding tert-OH is 1. The van der Waals surface area contributed by atoms with E-state index in [1.54, 1.807) is 6.92 Å². The Morgan fingerprint density at radius 1 is 1.41 bits per heavy atom. The summed E-state index contributed by atoms with van der Waals surface area (Å²) in [6.07, 6.45) is 1.71. The molecule has 0 radical (unpaired) electrons. The van der Waals surface area contributed by atoms with Gasteiger partial charge in [0.25, 0.3) is 0 Å². The summed E-state index contributed by atoms with van der Waals surface area (Å²) in [6.45, 7) is 3.60. The second-order valence-electron chi connectivity index (χ2n) is 4.16. The van der Waals surface area contributed by atoms with Gasteiger partial charge in [-0.3, -0.25) is 4.79 Å². The van der Waals surface area contributed by atoms with E-state index in [4.69, 9.17) is 0 Å². The lowest BCUT2D eigenvalue weighted by Crippen LogP contribution is -2.01. The summed E-state index contributed by atoms with van der Waals surface area (Å²) in [5.41, 5.74) is 0.654. The maximum absolute atomic E-state index is 10.8. The fourth-order valence-electron chi connectivity index (χ4n) is 1.83. The average Bonchev–Trinajstić information content (AvgIpc) is 2.26. The van der Waals surface area contributed by atoms with Crippen LogP contribution in [0.5, 0.6) is 11.5 Å². The number of aliphatic hydroxyl groups is 1. The number of carbonyl (C=O) groups excluding carboxylic acids is 1. The van der Waals surface area contributed by atoms with Crippen LogP contribution >= 0.6 is 0 Å². The van der Waals surface area contributed by atoms with Crippen molar-refractivity contribution in [3.05, 3.63) is 22.8 Å². The fourth-order valence-corrected chi connectivity index (χ4v) is 1.83. The minimum Gasteiger partial charge on any atom is -0.507 e. The van der Waals surface area contributed by atoms with E-state index in [-0.39, 0.29) is 22.6 Å². The zero-order valence-electron chi connectivity index (χ0n) is 10.1. The topological polar surface area (TPSA) is 77.8 Å². The Bertz CT molecular complexity index is 412. The highest BCUT2D eigenvalue weighted by Crippen LogP contribution is 2.38. The van der Waals surface area contributed by atoms with Crippen LogP contribution in [0.4, 0.5) is 0 Å². The SMILES string of the molecule is CCCCC(O)c1c(O)cc(C)c(C=O)c1O. The third kappa shape index (κ3) is 2.77. The molecule has 0 aliphatic rings. The van der Waals surface area contributed by atoms with Crippen molar-refractivity contribution in [1.82, 2.24) is 0 Å². The zero-order valence-corrected chi connectivity index (χ0v) is 10.1. The summed E-state index contributed by atoms with van der Waals surface area (Å²) < 4.78 is 0. The Labute approximate surface area is 101 Å². The molecule has 0 saturated heterocycles. The van der Waals surface area contributed by atoms with Gasteiger partial charge in [-0.25, -0.2) is 0 Å². The van der Waals surface area contributed by atoms with E-state index < -0.39 is 6.10 Å². The number of aromatic hydroxyl groups is 2. The van der Waals surface area contributed by atoms with Gasteiger partial charge in [0.2, 0.25) is 0 Å². The Kier molecular flexibility index (Phi) is 4.52. The normalized spacial score (nSPS) is 12.4. The number of aryl methyl sites for hydroxylation is 1. The number of unbranched alkanes of at least 4 members (excludes halogenated alkanes) is 1. The molecule has 4 heteroatoms. The molecule has 0 fully saturated rings. The van der Waals surface area contributed by atoms with E-state index in [2.05, 4.69) is 0 Å². The number of aldehydes is 1. The second-order valence-corrected chi connectivity index (χ2v) is 4.16. The first-order valence-corrected chi connectivity index (χ1v) is 5.71. The molecule has 1 atom stereocenters. The molecule has 0 bridgehead atoms. The van der Waals surface area contributed by atoms with Crippen LogP contribution in [0.25, 0.3) is 0 Å². The third-order valence-electron chi connectivity index (χ3n) is 2.85. The molecule has 4 nitrogen and oxygen atoms in total. The summed E-state index contributed by atoms with van der Waals surface area (Å²) in [4.78, 5) is 10.8. The minimum absolute atomic E-state index is 0.0474. The molecule has 1 aromatic carbocycles. The van der Waals surface area contributed by atoms with Gasteiger partial charge in [-0.2, -0.15) is 0 Å². The maximum atomic E-state index is 10.8. The summed E-state index contributed by atoms with van der Waals surface area (Å²) in [5, 5.41) is 29.5. The first-order chi connectivity index (χ1) is 8.02. The van der Waals surface area contributed by atoms with Crippen molar-refractivity contribution in [3.8, 4) is 11.5 Å². The van der Waals surface area contributed by atoms with Gasteiger partial charge in [0.05, 0.1) is 17.2 Å². The number of carbonyl (C=O) groups is 1. The number of rotatable bonds is 5. The van der Waals surface area contributed by atoms with E-state index >= 15 is 0 Å². The first kappa shape index (κ1) is 13.5. The van der Waals surface area contributed by atoms with Crippen LogP contribution in [-0.2, 0) is 0 Å². The summed E-state index contributed by atoms with van der Waals surface area (Å²) >= 11 is 0. The number of hydrogen-bond donors (Lipinski definition) is 3. The molecule has 0 spiro atoms. The molecule has 1 aromatic rings. The number of phenolic OH excluding ortho intramolecular Hbond substituents is 2. The van der Waals surface area contributed by atoms with Crippen molar-refractivity contribution in [2.45, 2.75) is 39.2 Å². The molecule has 17 heavy (non-hydrogen) atoms. The molecule has 94 valence electrons. The van der Waals surface area contributed by atoms with Gasteiger partial charge >= 0.3 is 0 Å². The van der Waals surface area contributed by atoms with Gasteiger partial charge in [0.15, 0.2) is 6.29 Å². The van der Waals surface area contributed by atoms with E-state index in [1.165, 1.54) is 6.07 Å². The summed E-state index contributed by atoms with van der Waals surface area (Å²) in [7, 11) is 0. The monoisotopic (exact) mass is 238 g/mol. The smallest absolute Gasteiger partial charge is 0.154 e. The summed E-state index contributed by atoms with van der Waals surface area (Å²) in [6, 6.07) is 1.38. The third-order valence-corrected chi connectivity index (χ3v) is 2.85. The Morgan fingerprint density at radius 3 is 2.59 bits per heavy atom. The van der Waals surface area contributed by atoms with Crippen LogP contribution in [-0.4, -0.2) is 21.6 Å². The molecule has 0 saturated carbocycles. The highest BCUT2D eigenvalue weighted by atomic mass is 16.3. The Hall–Kier alpha value is -1.55. The van der Waals surface area contributed by atoms with E-state index in [0.29, 0.717) is 18.3 Å². The standard InChI is InChI=1S/C13H18O4/c1-3-4-5-10(15)12-11(16)6-8(2)9(7-14)13(12)17/h6-7,10,15-17H,3-5H2,1-2H3. The van der Waals surface area contributed by atoms with Gasteiger partial charge in [0, 0.05) is 0 Å². The van der Waals surface area contributed by atoms with E-state index in [0.717, 1.165) is 12.8 Å². The van der Waals surface area contributed by atoms with Crippen LogP contribution in [0.15, 0.2) is 6.07 Å². The Balaban J connectivity index is 3.18. The van der Waals surface area contributed by atoms with Crippen molar-refractivity contribution in [1.29, 1.82) is 0 Å². The predicted molar refractivity (Wildman–Crippen MR) is 64.4 cm³/mol. The molecule has 0 aliphatic heterocycles. The van der Waals surface area contributed by atoms with Crippen LogP contribution in [0, 0.1) is 6.92 Å². The molecule has 1 rings (SSSR count). The largest absolute Gasteiger partial charge is 0.507 e. The van der Waals surface area contributed by atoms with Crippen molar-refractivity contribution in [2.24, 2.45) is 0 Å². The van der Waals surface area contributed by atoms with E-state index in [9.17, 15) is 20.1 Å². The second kappa shape index (κ2) is 5.68. The van der Waals surface area contributed by atoms with Gasteiger partial charge in [-0.15, -0.1) is 0 Å². The van der Waals surface area contributed by atoms with Crippen molar-refractivity contribution < 1.29 is 20.1 Å². The lowest BCUT2D eigenvalue weighted by atomic mass is 9.96. The molecular formula is C13H18O4. The van der Waals surface area contributed by atoms with Crippen molar-refractivity contribution in [2.75, 3.05) is 0 Å². The molecule has 0 aromatic heterocycles. The molecule has 0 aliphatic carbocycles. The van der Waals surface area contributed by atoms with Gasteiger partial charge in [-0.05, 0) is 25.0 Å². The van der Waals surface area contributed by atoms with Crippen LogP contribution in [0.2, 0.25) is 0 Å². The average molecular weight is 238 g/mol. The van der Waals surface area contributed by atoms with Crippen LogP contribution in [0.1, 0.15) is 53.8 Å². The van der Waals surface area contributed by atoms with Gasteiger partial charge in [0.1, 0.15) is 11.5 Å². The molecule has 0 amide bonds. The number of phenols is 2. The van der Waals surface area contributed by atoms with Gasteiger partial charge in [-0.1, -0.05) is 19.8 Å². The lowest BCUT2D eigenvalue weighted by Gasteiger charge is -2.16. The summed E-state index contributed by atoms with van der Waals surface area (Å²) in [5.74, 6) is -0.490. The maximum Gasteiger partial charge on any atom is 0.154 e. The number of benzene rings is 1. The molecule has 1 unspecified atom stereocenters. The van der Waals surface area contributed by atoms with Crippen LogP contribution in [0.3, 0.4) is 0 Å².